The first-order valence-corrected chi connectivity index (χ1v) is 5.98. The first-order valence-electron chi connectivity index (χ1n) is 5.98. The Morgan fingerprint density at radius 2 is 1.82 bits per heavy atom. The van der Waals surface area contributed by atoms with E-state index in [4.69, 9.17) is 5.73 Å². The minimum Gasteiger partial charge on any atom is -0.505 e. The summed E-state index contributed by atoms with van der Waals surface area (Å²) in [6, 6.07) is 1.92. The Hall–Kier alpha value is -1.16. The molecular weight excluding hydrogens is 224 g/mol. The molecule has 3 N–H and O–H groups in total. The van der Waals surface area contributed by atoms with Gasteiger partial charge in [-0.2, -0.15) is 0 Å². The van der Waals surface area contributed by atoms with E-state index in [0.717, 1.165) is 32.1 Å². The number of hydrogen-bond donors (Lipinski definition) is 2. The molecule has 1 aromatic rings. The third-order valence-electron chi connectivity index (χ3n) is 3.80. The summed E-state index contributed by atoms with van der Waals surface area (Å²) in [6.45, 7) is 0.309. The fraction of sp³-hybridized carbons (Fsp3) is 0.538. The van der Waals surface area contributed by atoms with Gasteiger partial charge in [-0.15, -0.1) is 0 Å². The lowest BCUT2D eigenvalue weighted by molar-refractivity contribution is 0.285. The number of hydrogen-bond acceptors (Lipinski definition) is 2. The van der Waals surface area contributed by atoms with Crippen LogP contribution in [0.15, 0.2) is 12.1 Å². The Kier molecular flexibility index (Phi) is 3.33. The van der Waals surface area contributed by atoms with Crippen LogP contribution in [-0.2, 0) is 5.41 Å². The molecule has 4 heteroatoms. The summed E-state index contributed by atoms with van der Waals surface area (Å²) in [5.41, 5.74) is 5.65. The molecule has 94 valence electrons. The number of rotatable bonds is 2. The number of halogens is 2. The maximum atomic E-state index is 13.4. The Balaban J connectivity index is 2.49. The SMILES string of the molecule is NCC1(c2cc(F)cc(F)c2O)CCCCC1. The minimum atomic E-state index is -0.904. The molecule has 0 saturated heterocycles. The van der Waals surface area contributed by atoms with E-state index in [-0.39, 0.29) is 0 Å². The molecule has 1 fully saturated rings. The van der Waals surface area contributed by atoms with E-state index in [0.29, 0.717) is 18.2 Å². The van der Waals surface area contributed by atoms with Crippen molar-refractivity contribution in [3.63, 3.8) is 0 Å². The van der Waals surface area contributed by atoms with Crippen molar-refractivity contribution in [3.05, 3.63) is 29.3 Å². The van der Waals surface area contributed by atoms with E-state index < -0.39 is 22.8 Å². The molecule has 1 saturated carbocycles. The lowest BCUT2D eigenvalue weighted by Crippen LogP contribution is -2.37. The van der Waals surface area contributed by atoms with Crippen LogP contribution in [0.5, 0.6) is 5.75 Å². The van der Waals surface area contributed by atoms with Gasteiger partial charge in [0, 0.05) is 23.6 Å². The quantitative estimate of drug-likeness (QED) is 0.836. The molecule has 2 rings (SSSR count). The van der Waals surface area contributed by atoms with Gasteiger partial charge in [-0.3, -0.25) is 0 Å². The van der Waals surface area contributed by atoms with E-state index >= 15 is 0 Å². The van der Waals surface area contributed by atoms with E-state index in [2.05, 4.69) is 0 Å². The van der Waals surface area contributed by atoms with Crippen LogP contribution in [0.3, 0.4) is 0 Å². The Morgan fingerprint density at radius 1 is 1.18 bits per heavy atom. The lowest BCUT2D eigenvalue weighted by Gasteiger charge is -2.37. The van der Waals surface area contributed by atoms with E-state index in [1.807, 2.05) is 0 Å². The zero-order chi connectivity index (χ0) is 12.5. The Bertz CT molecular complexity index is 414. The van der Waals surface area contributed by atoms with Crippen LogP contribution in [0.25, 0.3) is 0 Å². The summed E-state index contributed by atoms with van der Waals surface area (Å²) in [5.74, 6) is -2.01. The molecule has 0 amide bonds. The van der Waals surface area contributed by atoms with Crippen LogP contribution in [-0.4, -0.2) is 11.7 Å². The first kappa shape index (κ1) is 12.3. The molecule has 0 radical (unpaired) electrons. The average Bonchev–Trinajstić information content (AvgIpc) is 2.34. The van der Waals surface area contributed by atoms with Gasteiger partial charge in [0.2, 0.25) is 0 Å². The van der Waals surface area contributed by atoms with Gasteiger partial charge in [0.25, 0.3) is 0 Å². The molecule has 0 aromatic heterocycles. The van der Waals surface area contributed by atoms with Crippen molar-refractivity contribution in [2.24, 2.45) is 5.73 Å². The van der Waals surface area contributed by atoms with Crippen LogP contribution in [0.1, 0.15) is 37.7 Å². The van der Waals surface area contributed by atoms with Gasteiger partial charge >= 0.3 is 0 Å². The second-order valence-corrected chi connectivity index (χ2v) is 4.83. The van der Waals surface area contributed by atoms with Crippen molar-refractivity contribution < 1.29 is 13.9 Å². The zero-order valence-corrected chi connectivity index (χ0v) is 9.68. The Morgan fingerprint density at radius 3 is 2.41 bits per heavy atom. The molecule has 0 bridgehead atoms. The van der Waals surface area contributed by atoms with Crippen LogP contribution in [0, 0.1) is 11.6 Å². The predicted molar refractivity (Wildman–Crippen MR) is 61.8 cm³/mol. The predicted octanol–water partition coefficient (Wildman–Crippen LogP) is 2.83. The smallest absolute Gasteiger partial charge is 0.168 e. The van der Waals surface area contributed by atoms with Crippen LogP contribution in [0.2, 0.25) is 0 Å². The van der Waals surface area contributed by atoms with Crippen LogP contribution >= 0.6 is 0 Å². The number of aromatic hydroxyl groups is 1. The highest BCUT2D eigenvalue weighted by molar-refractivity contribution is 5.41. The second kappa shape index (κ2) is 4.61. The number of benzene rings is 1. The van der Waals surface area contributed by atoms with Crippen molar-refractivity contribution in [2.75, 3.05) is 6.54 Å². The normalized spacial score (nSPS) is 19.2. The summed E-state index contributed by atoms with van der Waals surface area (Å²) in [5, 5.41) is 9.77. The number of phenols is 1. The van der Waals surface area contributed by atoms with Crippen molar-refractivity contribution in [2.45, 2.75) is 37.5 Å². The highest BCUT2D eigenvalue weighted by atomic mass is 19.1. The second-order valence-electron chi connectivity index (χ2n) is 4.83. The maximum Gasteiger partial charge on any atom is 0.168 e. The van der Waals surface area contributed by atoms with Crippen molar-refractivity contribution in [3.8, 4) is 5.75 Å². The van der Waals surface area contributed by atoms with Crippen LogP contribution in [0.4, 0.5) is 8.78 Å². The molecule has 0 aliphatic heterocycles. The summed E-state index contributed by atoms with van der Waals surface area (Å²) < 4.78 is 26.6. The molecule has 1 aromatic carbocycles. The standard InChI is InChI=1S/C13H17F2NO/c14-9-6-10(12(17)11(15)7-9)13(8-16)4-2-1-3-5-13/h6-7,17H,1-5,8,16H2. The van der Waals surface area contributed by atoms with E-state index in [1.54, 1.807) is 0 Å². The minimum absolute atomic E-state index is 0.309. The van der Waals surface area contributed by atoms with Gasteiger partial charge in [0.05, 0.1) is 0 Å². The number of phenolic OH excluding ortho intramolecular Hbond substituents is 1. The molecule has 2 nitrogen and oxygen atoms in total. The van der Waals surface area contributed by atoms with Gasteiger partial charge in [-0.25, -0.2) is 8.78 Å². The number of nitrogens with two attached hydrogens (primary N) is 1. The fourth-order valence-electron chi connectivity index (χ4n) is 2.78. The summed E-state index contributed by atoms with van der Waals surface area (Å²) in [7, 11) is 0. The molecule has 0 heterocycles. The molecule has 17 heavy (non-hydrogen) atoms. The zero-order valence-electron chi connectivity index (χ0n) is 9.68. The maximum absolute atomic E-state index is 13.4. The summed E-state index contributed by atoms with van der Waals surface area (Å²) >= 11 is 0. The molecular formula is C13H17F2NO. The highest BCUT2D eigenvalue weighted by Gasteiger charge is 2.35. The molecule has 1 aliphatic carbocycles. The van der Waals surface area contributed by atoms with Crippen molar-refractivity contribution >= 4 is 0 Å². The summed E-state index contributed by atoms with van der Waals surface area (Å²) in [4.78, 5) is 0. The van der Waals surface area contributed by atoms with E-state index in [9.17, 15) is 13.9 Å². The lowest BCUT2D eigenvalue weighted by atomic mass is 9.69. The van der Waals surface area contributed by atoms with Gasteiger partial charge < -0.3 is 10.8 Å². The monoisotopic (exact) mass is 241 g/mol. The average molecular weight is 241 g/mol. The largest absolute Gasteiger partial charge is 0.505 e. The van der Waals surface area contributed by atoms with E-state index in [1.165, 1.54) is 6.07 Å². The fourth-order valence-corrected chi connectivity index (χ4v) is 2.78. The Labute approximate surface area is 99.4 Å². The molecule has 0 unspecified atom stereocenters. The highest BCUT2D eigenvalue weighted by Crippen LogP contribution is 2.43. The van der Waals surface area contributed by atoms with Gasteiger partial charge in [0.1, 0.15) is 5.82 Å². The third-order valence-corrected chi connectivity index (χ3v) is 3.80. The van der Waals surface area contributed by atoms with Crippen molar-refractivity contribution in [1.29, 1.82) is 0 Å². The van der Waals surface area contributed by atoms with Crippen LogP contribution < -0.4 is 5.73 Å². The first-order chi connectivity index (χ1) is 8.09. The van der Waals surface area contributed by atoms with Gasteiger partial charge in [0.15, 0.2) is 11.6 Å². The molecule has 0 spiro atoms. The molecule has 0 atom stereocenters. The molecule has 1 aliphatic rings. The topological polar surface area (TPSA) is 46.2 Å². The van der Waals surface area contributed by atoms with Gasteiger partial charge in [-0.1, -0.05) is 19.3 Å². The van der Waals surface area contributed by atoms with Gasteiger partial charge in [-0.05, 0) is 18.9 Å². The van der Waals surface area contributed by atoms with Crippen molar-refractivity contribution in [1.82, 2.24) is 0 Å². The third kappa shape index (κ3) is 2.14. The summed E-state index contributed by atoms with van der Waals surface area (Å²) in [6.07, 6.45) is 4.63.